The molecule has 2 unspecified atom stereocenters. The summed E-state index contributed by atoms with van der Waals surface area (Å²) in [5.41, 5.74) is 2.35. The lowest BCUT2D eigenvalue weighted by Gasteiger charge is -2.18. The zero-order valence-corrected chi connectivity index (χ0v) is 9.41. The molecule has 17 heavy (non-hydrogen) atoms. The fourth-order valence-corrected chi connectivity index (χ4v) is 2.87. The van der Waals surface area contributed by atoms with Crippen LogP contribution in [0.15, 0.2) is 30.6 Å². The normalized spacial score (nSPS) is 26.8. The lowest BCUT2D eigenvalue weighted by Crippen LogP contribution is -2.33. The van der Waals surface area contributed by atoms with E-state index in [4.69, 9.17) is 5.11 Å². The van der Waals surface area contributed by atoms with Crippen LogP contribution in [0.5, 0.6) is 0 Å². The molecule has 0 bridgehead atoms. The van der Waals surface area contributed by atoms with Gasteiger partial charge < -0.3 is 10.0 Å². The molecule has 0 saturated carbocycles. The Bertz CT molecular complexity index is 470. The van der Waals surface area contributed by atoms with Crippen molar-refractivity contribution in [3.8, 4) is 0 Å². The number of amides is 1. The zero-order valence-electron chi connectivity index (χ0n) is 9.41. The van der Waals surface area contributed by atoms with Gasteiger partial charge in [0, 0.05) is 18.9 Å². The minimum atomic E-state index is -0.804. The highest BCUT2D eigenvalue weighted by molar-refractivity contribution is 5.72. The highest BCUT2D eigenvalue weighted by atomic mass is 16.4. The molecule has 88 valence electrons. The first-order valence-corrected chi connectivity index (χ1v) is 5.86. The Labute approximate surface area is 99.6 Å². The number of rotatable bonds is 1. The fraction of sp³-hybridized carbons (Fsp3) is 0.385. The summed E-state index contributed by atoms with van der Waals surface area (Å²) in [5.74, 6) is 0.460. The van der Waals surface area contributed by atoms with E-state index in [2.05, 4.69) is 11.1 Å². The Kier molecular flexibility index (Phi) is 2.35. The van der Waals surface area contributed by atoms with Crippen LogP contribution >= 0.6 is 0 Å². The molecular formula is C13H14N2O2. The lowest BCUT2D eigenvalue weighted by atomic mass is 10.00. The first kappa shape index (κ1) is 10.3. The van der Waals surface area contributed by atoms with Gasteiger partial charge in [0.1, 0.15) is 0 Å². The van der Waals surface area contributed by atoms with Gasteiger partial charge in [0.2, 0.25) is 0 Å². The summed E-state index contributed by atoms with van der Waals surface area (Å²) in [5, 5.41) is 9.10. The third kappa shape index (κ3) is 1.69. The first-order chi connectivity index (χ1) is 8.25. The number of carboxylic acid groups (broad SMARTS) is 1. The Morgan fingerprint density at radius 3 is 3.12 bits per heavy atom. The Balaban J connectivity index is 1.87. The number of hydrogen-bond donors (Lipinski definition) is 1. The average molecular weight is 230 g/mol. The molecule has 0 aromatic carbocycles. The van der Waals surface area contributed by atoms with E-state index in [0.717, 1.165) is 18.4 Å². The van der Waals surface area contributed by atoms with E-state index >= 15 is 0 Å². The van der Waals surface area contributed by atoms with E-state index in [-0.39, 0.29) is 6.04 Å². The van der Waals surface area contributed by atoms with Crippen LogP contribution in [0.2, 0.25) is 0 Å². The van der Waals surface area contributed by atoms with Crippen molar-refractivity contribution in [2.75, 3.05) is 6.54 Å². The lowest BCUT2D eigenvalue weighted by molar-refractivity contribution is 0.145. The third-order valence-electron chi connectivity index (χ3n) is 3.72. The Morgan fingerprint density at radius 1 is 1.53 bits per heavy atom. The van der Waals surface area contributed by atoms with Gasteiger partial charge in [0.25, 0.3) is 0 Å². The van der Waals surface area contributed by atoms with Gasteiger partial charge in [-0.3, -0.25) is 4.98 Å². The minimum absolute atomic E-state index is 0.0720. The largest absolute Gasteiger partial charge is 0.465 e. The van der Waals surface area contributed by atoms with Crippen LogP contribution < -0.4 is 0 Å². The van der Waals surface area contributed by atoms with Gasteiger partial charge in [-0.25, -0.2) is 4.79 Å². The second-order valence-electron chi connectivity index (χ2n) is 4.65. The zero-order chi connectivity index (χ0) is 11.8. The molecule has 1 amide bonds. The quantitative estimate of drug-likeness (QED) is 0.805. The number of carbonyl (C=O) groups is 1. The molecule has 4 heteroatoms. The molecule has 1 aliphatic carbocycles. The number of aromatic nitrogens is 1. The maximum atomic E-state index is 11.1. The number of pyridine rings is 1. The van der Waals surface area contributed by atoms with Gasteiger partial charge in [0.15, 0.2) is 0 Å². The maximum Gasteiger partial charge on any atom is 0.407 e. The Hall–Kier alpha value is -1.84. The number of allylic oxidation sites excluding steroid dienone is 1. The van der Waals surface area contributed by atoms with E-state index in [1.807, 2.05) is 18.3 Å². The van der Waals surface area contributed by atoms with Crippen LogP contribution in [0.3, 0.4) is 0 Å². The van der Waals surface area contributed by atoms with Gasteiger partial charge in [-0.2, -0.15) is 0 Å². The van der Waals surface area contributed by atoms with Crippen molar-refractivity contribution in [3.05, 3.63) is 36.2 Å². The van der Waals surface area contributed by atoms with Crippen molar-refractivity contribution < 1.29 is 9.90 Å². The monoisotopic (exact) mass is 230 g/mol. The summed E-state index contributed by atoms with van der Waals surface area (Å²) in [6.07, 6.45) is 6.84. The predicted octanol–water partition coefficient (Wildman–Crippen LogP) is 2.24. The standard InChI is InChI=1S/C13H14N2O2/c16-13(17)15-5-3-9-6-11(7-12(9)15)10-2-1-4-14-8-10/h1-2,4,7-9,12H,3,5-6H2,(H,16,17). The summed E-state index contributed by atoms with van der Waals surface area (Å²) in [6.45, 7) is 0.668. The van der Waals surface area contributed by atoms with E-state index in [1.54, 1.807) is 11.1 Å². The molecule has 1 aliphatic heterocycles. The number of fused-ring (bicyclic) bond motifs is 1. The summed E-state index contributed by atoms with van der Waals surface area (Å²) >= 11 is 0. The Morgan fingerprint density at radius 2 is 2.41 bits per heavy atom. The summed E-state index contributed by atoms with van der Waals surface area (Å²) in [6, 6.07) is 4.02. The molecule has 2 aliphatic rings. The van der Waals surface area contributed by atoms with E-state index in [0.29, 0.717) is 12.5 Å². The number of nitrogens with zero attached hydrogens (tertiary/aromatic N) is 2. The van der Waals surface area contributed by atoms with Gasteiger partial charge in [-0.1, -0.05) is 12.1 Å². The summed E-state index contributed by atoms with van der Waals surface area (Å²) in [4.78, 5) is 16.7. The fourth-order valence-electron chi connectivity index (χ4n) is 2.87. The first-order valence-electron chi connectivity index (χ1n) is 5.86. The van der Waals surface area contributed by atoms with Crippen molar-refractivity contribution in [1.82, 2.24) is 9.88 Å². The smallest absolute Gasteiger partial charge is 0.407 e. The van der Waals surface area contributed by atoms with Crippen LogP contribution in [0.1, 0.15) is 18.4 Å². The molecule has 1 saturated heterocycles. The third-order valence-corrected chi connectivity index (χ3v) is 3.72. The number of likely N-dealkylation sites (tertiary alicyclic amines) is 1. The molecule has 0 radical (unpaired) electrons. The molecule has 1 aromatic heterocycles. The highest BCUT2D eigenvalue weighted by Gasteiger charge is 2.39. The van der Waals surface area contributed by atoms with Crippen molar-refractivity contribution in [3.63, 3.8) is 0 Å². The summed E-state index contributed by atoms with van der Waals surface area (Å²) in [7, 11) is 0. The minimum Gasteiger partial charge on any atom is -0.465 e. The van der Waals surface area contributed by atoms with Gasteiger partial charge >= 0.3 is 6.09 Å². The van der Waals surface area contributed by atoms with Crippen molar-refractivity contribution in [2.24, 2.45) is 5.92 Å². The average Bonchev–Trinajstić information content (AvgIpc) is 2.88. The molecule has 4 nitrogen and oxygen atoms in total. The number of hydrogen-bond acceptors (Lipinski definition) is 2. The maximum absolute atomic E-state index is 11.1. The van der Waals surface area contributed by atoms with Crippen molar-refractivity contribution >= 4 is 11.7 Å². The van der Waals surface area contributed by atoms with Gasteiger partial charge in [0.05, 0.1) is 6.04 Å². The molecule has 1 fully saturated rings. The van der Waals surface area contributed by atoms with Crippen LogP contribution in [0.4, 0.5) is 4.79 Å². The molecule has 1 N–H and O–H groups in total. The van der Waals surface area contributed by atoms with E-state index < -0.39 is 6.09 Å². The van der Waals surface area contributed by atoms with Crippen LogP contribution in [0.25, 0.3) is 5.57 Å². The molecule has 2 heterocycles. The molecule has 0 spiro atoms. The highest BCUT2D eigenvalue weighted by Crippen LogP contribution is 2.40. The van der Waals surface area contributed by atoms with Crippen LogP contribution in [-0.4, -0.2) is 33.7 Å². The van der Waals surface area contributed by atoms with Crippen molar-refractivity contribution in [1.29, 1.82) is 0 Å². The molecular weight excluding hydrogens is 216 g/mol. The van der Waals surface area contributed by atoms with Crippen molar-refractivity contribution in [2.45, 2.75) is 18.9 Å². The van der Waals surface area contributed by atoms with Gasteiger partial charge in [-0.05, 0) is 36.0 Å². The van der Waals surface area contributed by atoms with Crippen LogP contribution in [0, 0.1) is 5.92 Å². The van der Waals surface area contributed by atoms with E-state index in [9.17, 15) is 4.79 Å². The SMILES string of the molecule is O=C(O)N1CCC2CC(c3cccnc3)=CC21. The molecule has 3 rings (SSSR count). The predicted molar refractivity (Wildman–Crippen MR) is 63.5 cm³/mol. The molecule has 1 aromatic rings. The van der Waals surface area contributed by atoms with Crippen LogP contribution in [-0.2, 0) is 0 Å². The summed E-state index contributed by atoms with van der Waals surface area (Å²) < 4.78 is 0. The topological polar surface area (TPSA) is 53.4 Å². The second-order valence-corrected chi connectivity index (χ2v) is 4.65. The second kappa shape index (κ2) is 3.87. The van der Waals surface area contributed by atoms with Gasteiger partial charge in [-0.15, -0.1) is 0 Å². The van der Waals surface area contributed by atoms with E-state index in [1.165, 1.54) is 5.57 Å². The molecule has 2 atom stereocenters.